The van der Waals surface area contributed by atoms with Crippen molar-refractivity contribution < 1.29 is 5.11 Å². The van der Waals surface area contributed by atoms with Crippen molar-refractivity contribution in [3.05, 3.63) is 48.0 Å². The molecule has 1 nitrogen and oxygen atoms in total. The average molecular weight is 176 g/mol. The van der Waals surface area contributed by atoms with E-state index < -0.39 is 0 Å². The fourth-order valence-corrected chi connectivity index (χ4v) is 1.43. The minimum atomic E-state index is -0.272. The minimum absolute atomic E-state index is 0.272. The molecule has 0 fully saturated rings. The van der Waals surface area contributed by atoms with Gasteiger partial charge in [-0.3, -0.25) is 0 Å². The normalized spacial score (nSPS) is 12.5. The van der Waals surface area contributed by atoms with Gasteiger partial charge in [-0.1, -0.05) is 30.3 Å². The third-order valence-corrected chi connectivity index (χ3v) is 2.00. The van der Waals surface area contributed by atoms with Crippen LogP contribution in [0.3, 0.4) is 0 Å². The summed E-state index contributed by atoms with van der Waals surface area (Å²) in [6.45, 7) is 5.52. The highest BCUT2D eigenvalue weighted by molar-refractivity contribution is 5.29. The first-order chi connectivity index (χ1) is 6.24. The molecule has 0 heterocycles. The lowest BCUT2D eigenvalue weighted by molar-refractivity contribution is 0.195. The van der Waals surface area contributed by atoms with Crippen molar-refractivity contribution in [1.29, 1.82) is 0 Å². The molecule has 0 unspecified atom stereocenters. The average Bonchev–Trinajstić information content (AvgIpc) is 2.08. The van der Waals surface area contributed by atoms with Gasteiger partial charge in [0.1, 0.15) is 0 Å². The maximum atomic E-state index is 9.27. The second-order valence-electron chi connectivity index (χ2n) is 3.31. The molecule has 0 bridgehead atoms. The molecule has 1 aromatic carbocycles. The van der Waals surface area contributed by atoms with E-state index in [0.29, 0.717) is 0 Å². The minimum Gasteiger partial charge on any atom is -0.393 e. The summed E-state index contributed by atoms with van der Waals surface area (Å²) in [5, 5.41) is 9.27. The zero-order chi connectivity index (χ0) is 9.68. The first kappa shape index (κ1) is 10.0. The van der Waals surface area contributed by atoms with Crippen molar-refractivity contribution in [3.63, 3.8) is 0 Å². The maximum absolute atomic E-state index is 9.27. The van der Waals surface area contributed by atoms with Crippen LogP contribution in [0.25, 0.3) is 0 Å². The van der Waals surface area contributed by atoms with Gasteiger partial charge in [0.15, 0.2) is 0 Å². The SMILES string of the molecule is C=CCc1ccccc1C[C@@H](C)O. The highest BCUT2D eigenvalue weighted by Gasteiger charge is 2.02. The molecule has 1 atom stereocenters. The second kappa shape index (κ2) is 4.83. The van der Waals surface area contributed by atoms with Gasteiger partial charge in [-0.15, -0.1) is 6.58 Å². The van der Waals surface area contributed by atoms with E-state index in [1.165, 1.54) is 11.1 Å². The molecule has 1 heteroatoms. The number of rotatable bonds is 4. The molecule has 0 saturated heterocycles. The van der Waals surface area contributed by atoms with E-state index in [9.17, 15) is 5.11 Å². The van der Waals surface area contributed by atoms with Crippen LogP contribution in [0.2, 0.25) is 0 Å². The van der Waals surface area contributed by atoms with E-state index in [0.717, 1.165) is 12.8 Å². The fraction of sp³-hybridized carbons (Fsp3) is 0.333. The van der Waals surface area contributed by atoms with Crippen LogP contribution in [-0.2, 0) is 12.8 Å². The first-order valence-corrected chi connectivity index (χ1v) is 4.59. The number of benzene rings is 1. The van der Waals surface area contributed by atoms with Crippen molar-refractivity contribution in [2.45, 2.75) is 25.9 Å². The summed E-state index contributed by atoms with van der Waals surface area (Å²) < 4.78 is 0. The molecule has 1 N–H and O–H groups in total. The molecular formula is C12H16O. The van der Waals surface area contributed by atoms with Crippen LogP contribution in [-0.4, -0.2) is 11.2 Å². The van der Waals surface area contributed by atoms with E-state index >= 15 is 0 Å². The molecule has 1 rings (SSSR count). The Hall–Kier alpha value is -1.08. The van der Waals surface area contributed by atoms with Gasteiger partial charge in [-0.2, -0.15) is 0 Å². The van der Waals surface area contributed by atoms with Gasteiger partial charge in [0.25, 0.3) is 0 Å². The van der Waals surface area contributed by atoms with Gasteiger partial charge in [0, 0.05) is 0 Å². The van der Waals surface area contributed by atoms with E-state index in [2.05, 4.69) is 18.7 Å². The standard InChI is InChI=1S/C12H16O/c1-3-6-11-7-4-5-8-12(11)9-10(2)13/h3-5,7-8,10,13H,1,6,9H2,2H3/t10-/m1/s1. The van der Waals surface area contributed by atoms with Gasteiger partial charge >= 0.3 is 0 Å². The molecule has 0 radical (unpaired) electrons. The Kier molecular flexibility index (Phi) is 3.71. The van der Waals surface area contributed by atoms with Crippen molar-refractivity contribution in [3.8, 4) is 0 Å². The number of allylic oxidation sites excluding steroid dienone is 1. The zero-order valence-electron chi connectivity index (χ0n) is 8.03. The fourth-order valence-electron chi connectivity index (χ4n) is 1.43. The summed E-state index contributed by atoms with van der Waals surface area (Å²) >= 11 is 0. The van der Waals surface area contributed by atoms with E-state index in [4.69, 9.17) is 0 Å². The Morgan fingerprint density at radius 3 is 2.54 bits per heavy atom. The molecule has 0 saturated carbocycles. The smallest absolute Gasteiger partial charge is 0.0552 e. The topological polar surface area (TPSA) is 20.2 Å². The summed E-state index contributed by atoms with van der Waals surface area (Å²) in [5.74, 6) is 0. The molecule has 13 heavy (non-hydrogen) atoms. The van der Waals surface area contributed by atoms with Crippen LogP contribution >= 0.6 is 0 Å². The van der Waals surface area contributed by atoms with Crippen molar-refractivity contribution in [1.82, 2.24) is 0 Å². The maximum Gasteiger partial charge on any atom is 0.0552 e. The van der Waals surface area contributed by atoms with Crippen LogP contribution in [0.5, 0.6) is 0 Å². The molecule has 0 aliphatic rings. The first-order valence-electron chi connectivity index (χ1n) is 4.59. The highest BCUT2D eigenvalue weighted by Crippen LogP contribution is 2.12. The van der Waals surface area contributed by atoms with Crippen LogP contribution in [0.15, 0.2) is 36.9 Å². The highest BCUT2D eigenvalue weighted by atomic mass is 16.3. The number of hydrogen-bond acceptors (Lipinski definition) is 1. The second-order valence-corrected chi connectivity index (χ2v) is 3.31. The van der Waals surface area contributed by atoms with Gasteiger partial charge in [-0.25, -0.2) is 0 Å². The zero-order valence-corrected chi connectivity index (χ0v) is 8.03. The third-order valence-electron chi connectivity index (χ3n) is 2.00. The van der Waals surface area contributed by atoms with E-state index in [-0.39, 0.29) is 6.10 Å². The van der Waals surface area contributed by atoms with Crippen LogP contribution < -0.4 is 0 Å². The van der Waals surface area contributed by atoms with Crippen molar-refractivity contribution in [2.24, 2.45) is 0 Å². The predicted molar refractivity (Wildman–Crippen MR) is 55.7 cm³/mol. The van der Waals surface area contributed by atoms with Crippen LogP contribution in [0.1, 0.15) is 18.1 Å². The Bertz CT molecular complexity index is 276. The monoisotopic (exact) mass is 176 g/mol. The van der Waals surface area contributed by atoms with Gasteiger partial charge in [0.2, 0.25) is 0 Å². The molecule has 0 spiro atoms. The third kappa shape index (κ3) is 3.03. The summed E-state index contributed by atoms with van der Waals surface area (Å²) in [7, 11) is 0. The Morgan fingerprint density at radius 2 is 2.00 bits per heavy atom. The number of aliphatic hydroxyl groups excluding tert-OH is 1. The molecule has 0 amide bonds. The predicted octanol–water partition coefficient (Wildman–Crippen LogP) is 2.34. The summed E-state index contributed by atoms with van der Waals surface area (Å²) in [6, 6.07) is 8.17. The number of hydrogen-bond donors (Lipinski definition) is 1. The van der Waals surface area contributed by atoms with Gasteiger partial charge < -0.3 is 5.11 Å². The molecular weight excluding hydrogens is 160 g/mol. The lowest BCUT2D eigenvalue weighted by Gasteiger charge is -2.08. The molecule has 0 aliphatic carbocycles. The molecule has 1 aromatic rings. The summed E-state index contributed by atoms with van der Waals surface area (Å²) in [4.78, 5) is 0. The Labute approximate surface area is 79.7 Å². The van der Waals surface area contributed by atoms with Gasteiger partial charge in [0.05, 0.1) is 6.10 Å². The quantitative estimate of drug-likeness (QED) is 0.698. The van der Waals surface area contributed by atoms with Crippen molar-refractivity contribution >= 4 is 0 Å². The largest absolute Gasteiger partial charge is 0.393 e. The van der Waals surface area contributed by atoms with Crippen LogP contribution in [0, 0.1) is 0 Å². The van der Waals surface area contributed by atoms with Crippen molar-refractivity contribution in [2.75, 3.05) is 0 Å². The lowest BCUT2D eigenvalue weighted by atomic mass is 10.00. The number of aliphatic hydroxyl groups is 1. The summed E-state index contributed by atoms with van der Waals surface area (Å²) in [5.41, 5.74) is 2.48. The van der Waals surface area contributed by atoms with Gasteiger partial charge in [-0.05, 0) is 30.9 Å². The Morgan fingerprint density at radius 1 is 1.38 bits per heavy atom. The van der Waals surface area contributed by atoms with E-state index in [1.807, 2.05) is 25.1 Å². The molecule has 70 valence electrons. The Balaban J connectivity index is 2.83. The molecule has 0 aromatic heterocycles. The molecule has 0 aliphatic heterocycles. The lowest BCUT2D eigenvalue weighted by Crippen LogP contribution is -2.06. The summed E-state index contributed by atoms with van der Waals surface area (Å²) in [6.07, 6.45) is 3.22. The van der Waals surface area contributed by atoms with Crippen LogP contribution in [0.4, 0.5) is 0 Å². The van der Waals surface area contributed by atoms with E-state index in [1.54, 1.807) is 0 Å².